The molecule has 0 bridgehead atoms. The number of phenols is 1. The van der Waals surface area contributed by atoms with E-state index in [4.69, 9.17) is 16.3 Å². The second-order valence-corrected chi connectivity index (χ2v) is 4.09. The van der Waals surface area contributed by atoms with E-state index >= 15 is 0 Å². The third kappa shape index (κ3) is 3.91. The predicted octanol–water partition coefficient (Wildman–Crippen LogP) is 1.68. The molecule has 1 atom stereocenters. The van der Waals surface area contributed by atoms with Crippen molar-refractivity contribution in [3.05, 3.63) is 29.3 Å². The molecule has 0 aliphatic heterocycles. The van der Waals surface area contributed by atoms with Crippen LogP contribution in [0.4, 0.5) is 0 Å². The predicted molar refractivity (Wildman–Crippen MR) is 66.7 cm³/mol. The van der Waals surface area contributed by atoms with E-state index in [2.05, 4.69) is 5.32 Å². The van der Waals surface area contributed by atoms with Crippen molar-refractivity contribution in [2.24, 2.45) is 0 Å². The van der Waals surface area contributed by atoms with Crippen molar-refractivity contribution < 1.29 is 14.6 Å². The van der Waals surface area contributed by atoms with Crippen LogP contribution in [0.3, 0.4) is 0 Å². The number of amides is 1. The van der Waals surface area contributed by atoms with Crippen LogP contribution >= 0.6 is 11.6 Å². The standard InChI is InChI=1S/C12H16ClNO3/c1-8-5-9(3-4-11(8)15)12(16)14-10(6-13)7-17-2/h3-5,10,15H,6-7H2,1-2H3,(H,14,16). The Morgan fingerprint density at radius 1 is 1.59 bits per heavy atom. The highest BCUT2D eigenvalue weighted by Gasteiger charge is 2.13. The van der Waals surface area contributed by atoms with Gasteiger partial charge in [0.1, 0.15) is 5.75 Å². The third-order valence-corrected chi connectivity index (χ3v) is 2.72. The number of aromatic hydroxyl groups is 1. The van der Waals surface area contributed by atoms with Gasteiger partial charge in [-0.1, -0.05) is 0 Å². The third-order valence-electron chi connectivity index (χ3n) is 2.35. The number of methoxy groups -OCH3 is 1. The van der Waals surface area contributed by atoms with Gasteiger partial charge in [0.15, 0.2) is 0 Å². The molecule has 1 rings (SSSR count). The van der Waals surface area contributed by atoms with Crippen LogP contribution in [0, 0.1) is 6.92 Å². The Balaban J connectivity index is 2.72. The van der Waals surface area contributed by atoms with Crippen molar-refractivity contribution in [3.63, 3.8) is 0 Å². The van der Waals surface area contributed by atoms with Crippen molar-refractivity contribution in [2.45, 2.75) is 13.0 Å². The maximum Gasteiger partial charge on any atom is 0.251 e. The van der Waals surface area contributed by atoms with Crippen LogP contribution in [-0.2, 0) is 4.74 Å². The summed E-state index contributed by atoms with van der Waals surface area (Å²) in [4.78, 5) is 11.8. The average Bonchev–Trinajstić information content (AvgIpc) is 2.31. The highest BCUT2D eigenvalue weighted by Crippen LogP contribution is 2.16. The van der Waals surface area contributed by atoms with E-state index in [0.29, 0.717) is 17.7 Å². The lowest BCUT2D eigenvalue weighted by atomic mass is 10.1. The van der Waals surface area contributed by atoms with Crippen molar-refractivity contribution in [3.8, 4) is 5.75 Å². The minimum atomic E-state index is -0.226. The van der Waals surface area contributed by atoms with Gasteiger partial charge in [0, 0.05) is 18.6 Å². The molecule has 0 aromatic heterocycles. The van der Waals surface area contributed by atoms with Crippen LogP contribution in [0.15, 0.2) is 18.2 Å². The van der Waals surface area contributed by atoms with E-state index in [9.17, 15) is 9.90 Å². The zero-order valence-electron chi connectivity index (χ0n) is 9.87. The van der Waals surface area contributed by atoms with Crippen molar-refractivity contribution in [1.29, 1.82) is 0 Å². The lowest BCUT2D eigenvalue weighted by Gasteiger charge is -2.15. The van der Waals surface area contributed by atoms with Crippen LogP contribution in [0.25, 0.3) is 0 Å². The van der Waals surface area contributed by atoms with Crippen LogP contribution in [0.2, 0.25) is 0 Å². The van der Waals surface area contributed by atoms with Gasteiger partial charge in [0.05, 0.1) is 12.6 Å². The van der Waals surface area contributed by atoms with E-state index in [1.54, 1.807) is 26.2 Å². The summed E-state index contributed by atoms with van der Waals surface area (Å²) in [5, 5.41) is 12.1. The number of carbonyl (C=O) groups excluding carboxylic acids is 1. The topological polar surface area (TPSA) is 58.6 Å². The Morgan fingerprint density at radius 3 is 2.82 bits per heavy atom. The number of ether oxygens (including phenoxy) is 1. The van der Waals surface area contributed by atoms with Crippen molar-refractivity contribution in [1.82, 2.24) is 5.32 Å². The lowest BCUT2D eigenvalue weighted by molar-refractivity contribution is 0.0907. The molecular weight excluding hydrogens is 242 g/mol. The Morgan fingerprint density at radius 2 is 2.29 bits per heavy atom. The van der Waals surface area contributed by atoms with E-state index < -0.39 is 0 Å². The van der Waals surface area contributed by atoms with Crippen LogP contribution in [-0.4, -0.2) is 36.7 Å². The zero-order chi connectivity index (χ0) is 12.8. The molecule has 17 heavy (non-hydrogen) atoms. The molecule has 0 heterocycles. The smallest absolute Gasteiger partial charge is 0.251 e. The molecule has 1 aromatic rings. The molecule has 1 unspecified atom stereocenters. The number of nitrogens with one attached hydrogen (secondary N) is 1. The lowest BCUT2D eigenvalue weighted by Crippen LogP contribution is -2.39. The summed E-state index contributed by atoms with van der Waals surface area (Å²) in [5.41, 5.74) is 1.15. The first-order chi connectivity index (χ1) is 8.08. The Labute approximate surface area is 106 Å². The Hall–Kier alpha value is -1.26. The summed E-state index contributed by atoms with van der Waals surface area (Å²) in [6.07, 6.45) is 0. The van der Waals surface area contributed by atoms with Crippen LogP contribution < -0.4 is 5.32 Å². The average molecular weight is 258 g/mol. The van der Waals surface area contributed by atoms with Crippen LogP contribution in [0.5, 0.6) is 5.75 Å². The van der Waals surface area contributed by atoms with E-state index in [1.165, 1.54) is 6.07 Å². The number of hydrogen-bond acceptors (Lipinski definition) is 3. The van der Waals surface area contributed by atoms with Gasteiger partial charge >= 0.3 is 0 Å². The van der Waals surface area contributed by atoms with Crippen molar-refractivity contribution in [2.75, 3.05) is 19.6 Å². The monoisotopic (exact) mass is 257 g/mol. The number of aryl methyl sites for hydroxylation is 1. The summed E-state index contributed by atoms with van der Waals surface area (Å²) in [6.45, 7) is 2.10. The highest BCUT2D eigenvalue weighted by molar-refractivity contribution is 6.18. The molecule has 0 aliphatic rings. The molecule has 0 saturated carbocycles. The summed E-state index contributed by atoms with van der Waals surface area (Å²) in [6, 6.07) is 4.47. The van der Waals surface area contributed by atoms with E-state index in [1.807, 2.05) is 0 Å². The molecule has 0 spiro atoms. The van der Waals surface area contributed by atoms with Gasteiger partial charge in [0.2, 0.25) is 0 Å². The quantitative estimate of drug-likeness (QED) is 0.789. The molecule has 1 aromatic carbocycles. The molecule has 0 radical (unpaired) electrons. The molecule has 94 valence electrons. The second-order valence-electron chi connectivity index (χ2n) is 3.78. The van der Waals surface area contributed by atoms with E-state index in [0.717, 1.165) is 0 Å². The first-order valence-corrected chi connectivity index (χ1v) is 5.77. The SMILES string of the molecule is COCC(CCl)NC(=O)c1ccc(O)c(C)c1. The fourth-order valence-electron chi connectivity index (χ4n) is 1.39. The summed E-state index contributed by atoms with van der Waals surface area (Å²) >= 11 is 5.70. The fourth-order valence-corrected chi connectivity index (χ4v) is 1.56. The molecule has 5 heteroatoms. The Kier molecular flexibility index (Phi) is 5.25. The number of alkyl halides is 1. The van der Waals surface area contributed by atoms with Gasteiger partial charge in [-0.05, 0) is 30.7 Å². The maximum absolute atomic E-state index is 11.8. The minimum absolute atomic E-state index is 0.173. The van der Waals surface area contributed by atoms with Gasteiger partial charge in [0.25, 0.3) is 5.91 Å². The zero-order valence-corrected chi connectivity index (χ0v) is 10.6. The Bertz CT molecular complexity index is 395. The maximum atomic E-state index is 11.8. The number of rotatable bonds is 5. The van der Waals surface area contributed by atoms with Gasteiger partial charge in [-0.3, -0.25) is 4.79 Å². The first kappa shape index (κ1) is 13.8. The molecule has 0 fully saturated rings. The normalized spacial score (nSPS) is 12.2. The van der Waals surface area contributed by atoms with Gasteiger partial charge in [-0.2, -0.15) is 0 Å². The number of carbonyl (C=O) groups is 1. The fraction of sp³-hybridized carbons (Fsp3) is 0.417. The van der Waals surface area contributed by atoms with Gasteiger partial charge in [-0.25, -0.2) is 0 Å². The summed E-state index contributed by atoms with van der Waals surface area (Å²) < 4.78 is 4.94. The minimum Gasteiger partial charge on any atom is -0.508 e. The molecule has 2 N–H and O–H groups in total. The van der Waals surface area contributed by atoms with Gasteiger partial charge in [-0.15, -0.1) is 11.6 Å². The largest absolute Gasteiger partial charge is 0.508 e. The first-order valence-electron chi connectivity index (χ1n) is 5.24. The van der Waals surface area contributed by atoms with Crippen LogP contribution in [0.1, 0.15) is 15.9 Å². The molecule has 0 aliphatic carbocycles. The molecule has 0 saturated heterocycles. The summed E-state index contributed by atoms with van der Waals surface area (Å²) in [7, 11) is 1.55. The highest BCUT2D eigenvalue weighted by atomic mass is 35.5. The summed E-state index contributed by atoms with van der Waals surface area (Å²) in [5.74, 6) is 0.236. The molecule has 1 amide bonds. The number of phenolic OH excluding ortho intramolecular Hbond substituents is 1. The number of hydrogen-bond donors (Lipinski definition) is 2. The van der Waals surface area contributed by atoms with Gasteiger partial charge < -0.3 is 15.2 Å². The number of benzene rings is 1. The molecular formula is C12H16ClNO3. The van der Waals surface area contributed by atoms with Crippen molar-refractivity contribution >= 4 is 17.5 Å². The van der Waals surface area contributed by atoms with E-state index in [-0.39, 0.29) is 23.6 Å². The number of halogens is 1. The second kappa shape index (κ2) is 6.47. The molecule has 4 nitrogen and oxygen atoms in total.